The molecule has 0 bridgehead atoms. The van der Waals surface area contributed by atoms with Crippen LogP contribution in [0.25, 0.3) is 0 Å². The van der Waals surface area contributed by atoms with Crippen LogP contribution >= 0.6 is 12.2 Å². The molecule has 0 spiro atoms. The van der Waals surface area contributed by atoms with E-state index >= 15 is 4.39 Å². The van der Waals surface area contributed by atoms with Gasteiger partial charge in [-0.1, -0.05) is 12.6 Å². The van der Waals surface area contributed by atoms with Crippen LogP contribution in [0, 0.1) is 17.1 Å². The van der Waals surface area contributed by atoms with Gasteiger partial charge in [-0.2, -0.15) is 18.4 Å². The van der Waals surface area contributed by atoms with E-state index < -0.39 is 22.8 Å². The molecule has 2 heterocycles. The van der Waals surface area contributed by atoms with Crippen LogP contribution in [0.5, 0.6) is 0 Å². The average Bonchev–Trinajstić information content (AvgIpc) is 3.33. The molecule has 0 N–H and O–H groups in total. The van der Waals surface area contributed by atoms with Gasteiger partial charge in [-0.05, 0) is 82.3 Å². The molecule has 0 saturated carbocycles. The second-order valence-electron chi connectivity index (χ2n) is 9.06. The van der Waals surface area contributed by atoms with Crippen molar-refractivity contribution in [3.8, 4) is 6.07 Å². The van der Waals surface area contributed by atoms with E-state index in [9.17, 15) is 13.2 Å². The van der Waals surface area contributed by atoms with Crippen molar-refractivity contribution in [3.63, 3.8) is 0 Å². The van der Waals surface area contributed by atoms with Crippen molar-refractivity contribution in [2.45, 2.75) is 44.9 Å². The van der Waals surface area contributed by atoms with Gasteiger partial charge in [-0.15, -0.1) is 0 Å². The number of hydrogen-bond acceptors (Lipinski definition) is 3. The largest absolute Gasteiger partial charge is 0.417 e. The highest BCUT2D eigenvalue weighted by Gasteiger charge is 2.46. The Balaban J connectivity index is 1.69. The topological polar surface area (TPSA) is 33.5 Å². The molecule has 0 aliphatic carbocycles. The number of thiocarbonyl (C=S) groups is 1. The van der Waals surface area contributed by atoms with Gasteiger partial charge in [0.15, 0.2) is 5.11 Å². The van der Waals surface area contributed by atoms with Gasteiger partial charge in [0.2, 0.25) is 0 Å². The zero-order valence-corrected chi connectivity index (χ0v) is 19.7. The lowest BCUT2D eigenvalue weighted by molar-refractivity contribution is -0.137. The van der Waals surface area contributed by atoms with Gasteiger partial charge in [0, 0.05) is 29.2 Å². The molecule has 0 radical (unpaired) electrons. The zero-order valence-electron chi connectivity index (χ0n) is 18.9. The first kappa shape index (κ1) is 24.2. The Bertz CT molecular complexity index is 1190. The van der Waals surface area contributed by atoms with Gasteiger partial charge in [-0.25, -0.2) is 4.39 Å². The first-order valence-corrected chi connectivity index (χ1v) is 11.3. The molecule has 178 valence electrons. The van der Waals surface area contributed by atoms with Crippen molar-refractivity contribution in [3.05, 3.63) is 71.2 Å². The van der Waals surface area contributed by atoms with Gasteiger partial charge in [0.05, 0.1) is 22.7 Å². The molecule has 0 atom stereocenters. The number of anilines is 2. The first-order chi connectivity index (χ1) is 15.9. The summed E-state index contributed by atoms with van der Waals surface area (Å²) in [7, 11) is 0. The summed E-state index contributed by atoms with van der Waals surface area (Å²) in [5.74, 6) is -0.357. The van der Waals surface area contributed by atoms with E-state index in [0.717, 1.165) is 38.1 Å². The molecule has 2 aliphatic rings. The highest BCUT2D eigenvalue weighted by molar-refractivity contribution is 7.80. The maximum atomic E-state index is 15.0. The maximum Gasteiger partial charge on any atom is 0.417 e. The Morgan fingerprint density at radius 3 is 2.32 bits per heavy atom. The molecule has 2 fully saturated rings. The van der Waals surface area contributed by atoms with Gasteiger partial charge in [-0.3, -0.25) is 9.80 Å². The van der Waals surface area contributed by atoms with Crippen molar-refractivity contribution in [1.82, 2.24) is 4.90 Å². The molecule has 2 aromatic carbocycles. The van der Waals surface area contributed by atoms with Crippen LogP contribution in [-0.2, 0) is 12.7 Å². The minimum absolute atomic E-state index is 0.142. The summed E-state index contributed by atoms with van der Waals surface area (Å²) in [5, 5.41) is 9.28. The number of likely N-dealkylation sites (tertiary alicyclic amines) is 1. The summed E-state index contributed by atoms with van der Waals surface area (Å²) in [6.07, 6.45) is -2.48. The Morgan fingerprint density at radius 2 is 1.74 bits per heavy atom. The Labute approximate surface area is 201 Å². The lowest BCUT2D eigenvalue weighted by Gasteiger charge is -2.31. The third-order valence-electron chi connectivity index (χ3n) is 6.49. The summed E-state index contributed by atoms with van der Waals surface area (Å²) in [6, 6.07) is 9.93. The number of halogens is 4. The number of rotatable bonds is 4. The molecular weight excluding hydrogens is 464 g/mol. The highest BCUT2D eigenvalue weighted by atomic mass is 32.1. The standard InChI is InChI=1S/C25H24F4N4S/c1-16-24(2,3)33(20-9-7-18(22(26)13-20)15-31-10-4-5-11-31)23(34)32(16)19-8-6-17(14-30)21(12-19)25(27,28)29/h6-9,12-13H,1,4-5,10-11,15H2,2-3H3. The van der Waals surface area contributed by atoms with Crippen molar-refractivity contribution < 1.29 is 17.6 Å². The number of nitriles is 1. The minimum atomic E-state index is -4.70. The fraction of sp³-hybridized carbons (Fsp3) is 0.360. The van der Waals surface area contributed by atoms with Gasteiger partial charge < -0.3 is 4.90 Å². The third kappa shape index (κ3) is 4.17. The summed E-state index contributed by atoms with van der Waals surface area (Å²) < 4.78 is 55.6. The van der Waals surface area contributed by atoms with Crippen LogP contribution < -0.4 is 9.80 Å². The molecule has 2 aromatic rings. The number of hydrogen-bond donors (Lipinski definition) is 0. The lowest BCUT2D eigenvalue weighted by atomic mass is 9.99. The highest BCUT2D eigenvalue weighted by Crippen LogP contribution is 2.43. The fourth-order valence-electron chi connectivity index (χ4n) is 4.55. The van der Waals surface area contributed by atoms with Gasteiger partial charge in [0.1, 0.15) is 5.82 Å². The van der Waals surface area contributed by atoms with E-state index in [1.165, 1.54) is 17.0 Å². The second kappa shape index (κ2) is 8.67. The van der Waals surface area contributed by atoms with Crippen LogP contribution in [0.2, 0.25) is 0 Å². The van der Waals surface area contributed by atoms with E-state index in [1.807, 2.05) is 13.8 Å². The molecule has 4 nitrogen and oxygen atoms in total. The first-order valence-electron chi connectivity index (χ1n) is 10.9. The monoisotopic (exact) mass is 488 g/mol. The summed E-state index contributed by atoms with van der Waals surface area (Å²) in [5.41, 5.74) is -0.681. The summed E-state index contributed by atoms with van der Waals surface area (Å²) in [4.78, 5) is 5.34. The SMILES string of the molecule is C=C1N(c2ccc(C#N)c(C(F)(F)F)c2)C(=S)N(c2ccc(CN3CCCC3)c(F)c2)C1(C)C. The average molecular weight is 489 g/mol. The fourth-order valence-corrected chi connectivity index (χ4v) is 5.09. The normalized spacial score (nSPS) is 18.6. The van der Waals surface area contributed by atoms with Gasteiger partial charge in [0.25, 0.3) is 0 Å². The third-order valence-corrected chi connectivity index (χ3v) is 6.86. The van der Waals surface area contributed by atoms with Crippen molar-refractivity contribution in [2.75, 3.05) is 22.9 Å². The Hall–Kier alpha value is -2.96. The number of nitrogens with zero attached hydrogens (tertiary/aromatic N) is 4. The number of alkyl halides is 3. The Kier molecular flexibility index (Phi) is 6.17. The molecule has 0 aromatic heterocycles. The molecular formula is C25H24F4N4S. The van der Waals surface area contributed by atoms with Crippen LogP contribution in [0.3, 0.4) is 0 Å². The molecule has 4 rings (SSSR count). The zero-order chi connectivity index (χ0) is 24.8. The van der Waals surface area contributed by atoms with Crippen LogP contribution in [-0.4, -0.2) is 28.6 Å². The maximum absolute atomic E-state index is 15.0. The van der Waals surface area contributed by atoms with E-state index in [4.69, 9.17) is 17.5 Å². The van der Waals surface area contributed by atoms with Gasteiger partial charge >= 0.3 is 6.18 Å². The van der Waals surface area contributed by atoms with E-state index in [1.54, 1.807) is 23.1 Å². The quantitative estimate of drug-likeness (QED) is 0.377. The predicted octanol–water partition coefficient (Wildman–Crippen LogP) is 6.22. The molecule has 2 aliphatic heterocycles. The summed E-state index contributed by atoms with van der Waals surface area (Å²) >= 11 is 5.66. The van der Waals surface area contributed by atoms with E-state index in [-0.39, 0.29) is 16.6 Å². The predicted molar refractivity (Wildman–Crippen MR) is 128 cm³/mol. The smallest absolute Gasteiger partial charge is 0.307 e. The van der Waals surface area contributed by atoms with Crippen LogP contribution in [0.15, 0.2) is 48.7 Å². The van der Waals surface area contributed by atoms with Crippen molar-refractivity contribution >= 4 is 28.7 Å². The molecule has 0 amide bonds. The van der Waals surface area contributed by atoms with E-state index in [2.05, 4.69) is 11.5 Å². The lowest BCUT2D eigenvalue weighted by Crippen LogP contribution is -2.41. The van der Waals surface area contributed by atoms with E-state index in [0.29, 0.717) is 23.5 Å². The second-order valence-corrected chi connectivity index (χ2v) is 9.42. The van der Waals surface area contributed by atoms with Crippen LogP contribution in [0.1, 0.15) is 43.4 Å². The van der Waals surface area contributed by atoms with Crippen molar-refractivity contribution in [1.29, 1.82) is 5.26 Å². The molecule has 2 saturated heterocycles. The number of benzene rings is 2. The van der Waals surface area contributed by atoms with Crippen molar-refractivity contribution in [2.24, 2.45) is 0 Å². The summed E-state index contributed by atoms with van der Waals surface area (Å²) in [6.45, 7) is 10.2. The minimum Gasteiger partial charge on any atom is -0.307 e. The van der Waals surface area contributed by atoms with Crippen LogP contribution in [0.4, 0.5) is 28.9 Å². The Morgan fingerprint density at radius 1 is 1.09 bits per heavy atom. The molecule has 0 unspecified atom stereocenters. The molecule has 34 heavy (non-hydrogen) atoms. The molecule has 9 heteroatoms.